The molecule has 2 heterocycles. The molecule has 4 aromatic rings. The zero-order chi connectivity index (χ0) is 18.8. The lowest BCUT2D eigenvalue weighted by Gasteiger charge is -2.07. The number of aromatic nitrogens is 1. The first kappa shape index (κ1) is 17.9. The number of halogens is 1. The molecule has 2 aromatic carbocycles. The third-order valence-electron chi connectivity index (χ3n) is 4.11. The van der Waals surface area contributed by atoms with Gasteiger partial charge in [0.05, 0.1) is 15.4 Å². The average molecular weight is 411 g/mol. The topological polar surface area (TPSA) is 34.4 Å². The van der Waals surface area contributed by atoms with Crippen LogP contribution in [0.15, 0.2) is 77.1 Å². The molecule has 0 aliphatic heterocycles. The molecular weight excluding hydrogens is 396 g/mol. The number of thiazole rings is 1. The Morgan fingerprint density at radius 1 is 0.963 bits per heavy atom. The van der Waals surface area contributed by atoms with E-state index in [1.807, 2.05) is 65.5 Å². The average Bonchev–Trinajstić information content (AvgIpc) is 3.33. The molecule has 0 spiro atoms. The number of nitrogens with zero attached hydrogens (tertiary/aromatic N) is 2. The zero-order valence-electron chi connectivity index (χ0n) is 14.4. The van der Waals surface area contributed by atoms with E-state index in [2.05, 4.69) is 17.1 Å². The summed E-state index contributed by atoms with van der Waals surface area (Å²) in [6.45, 7) is 0. The molecule has 0 aliphatic carbocycles. The smallest absolute Gasteiger partial charge is 0.289 e. The normalized spacial score (nSPS) is 11.7. The minimum absolute atomic E-state index is 0.218. The molecule has 0 atom stereocenters. The van der Waals surface area contributed by atoms with Gasteiger partial charge >= 0.3 is 0 Å². The van der Waals surface area contributed by atoms with Gasteiger partial charge in [0.1, 0.15) is 0 Å². The summed E-state index contributed by atoms with van der Waals surface area (Å²) in [6, 6.07) is 21.5. The highest BCUT2D eigenvalue weighted by Gasteiger charge is 2.16. The highest BCUT2D eigenvalue weighted by molar-refractivity contribution is 7.13. The summed E-state index contributed by atoms with van der Waals surface area (Å²) < 4.78 is 1.97. The molecular formula is C21H15ClN2OS2. The van der Waals surface area contributed by atoms with Crippen molar-refractivity contribution in [3.8, 4) is 21.7 Å². The lowest BCUT2D eigenvalue weighted by Crippen LogP contribution is -2.14. The van der Waals surface area contributed by atoms with Crippen LogP contribution in [0.25, 0.3) is 21.7 Å². The fourth-order valence-corrected chi connectivity index (χ4v) is 4.69. The molecule has 0 aliphatic rings. The van der Waals surface area contributed by atoms with Crippen LogP contribution in [-0.2, 0) is 7.05 Å². The summed E-state index contributed by atoms with van der Waals surface area (Å²) in [6.07, 6.45) is 0. The molecule has 6 heteroatoms. The van der Waals surface area contributed by atoms with Crippen molar-refractivity contribution in [1.82, 2.24) is 4.57 Å². The van der Waals surface area contributed by atoms with Crippen LogP contribution in [0.3, 0.4) is 0 Å². The molecule has 0 saturated carbocycles. The van der Waals surface area contributed by atoms with Gasteiger partial charge in [-0.25, -0.2) is 0 Å². The van der Waals surface area contributed by atoms with E-state index in [9.17, 15) is 4.79 Å². The number of carbonyl (C=O) groups is 1. The fourth-order valence-electron chi connectivity index (χ4n) is 2.81. The van der Waals surface area contributed by atoms with Gasteiger partial charge in [-0.3, -0.25) is 4.79 Å². The monoisotopic (exact) mass is 410 g/mol. The summed E-state index contributed by atoms with van der Waals surface area (Å²) >= 11 is 8.97. The van der Waals surface area contributed by atoms with E-state index in [1.54, 1.807) is 6.07 Å². The molecule has 0 saturated heterocycles. The van der Waals surface area contributed by atoms with Crippen molar-refractivity contribution in [3.63, 3.8) is 0 Å². The number of hydrogen-bond donors (Lipinski definition) is 0. The highest BCUT2D eigenvalue weighted by Crippen LogP contribution is 2.34. The standard InChI is InChI=1S/C21H15ClN2OS2/c1-24-18(14-9-11-16(22)12-10-14)19(15-6-3-2-4-7-15)27-21(24)23-20(25)17-8-5-13-26-17/h2-13H,1H3. The van der Waals surface area contributed by atoms with Crippen LogP contribution in [0.5, 0.6) is 0 Å². The summed E-state index contributed by atoms with van der Waals surface area (Å²) in [5.41, 5.74) is 3.13. The second-order valence-electron chi connectivity index (χ2n) is 5.89. The fraction of sp³-hybridized carbons (Fsp3) is 0.0476. The van der Waals surface area contributed by atoms with Crippen LogP contribution < -0.4 is 4.80 Å². The largest absolute Gasteiger partial charge is 0.319 e. The first-order chi connectivity index (χ1) is 13.1. The van der Waals surface area contributed by atoms with E-state index in [1.165, 1.54) is 22.7 Å². The molecule has 0 N–H and O–H groups in total. The zero-order valence-corrected chi connectivity index (χ0v) is 16.8. The van der Waals surface area contributed by atoms with Crippen molar-refractivity contribution in [1.29, 1.82) is 0 Å². The van der Waals surface area contributed by atoms with Gasteiger partial charge < -0.3 is 4.57 Å². The Bertz CT molecular complexity index is 1140. The number of carbonyl (C=O) groups excluding carboxylic acids is 1. The van der Waals surface area contributed by atoms with E-state index in [4.69, 9.17) is 11.6 Å². The van der Waals surface area contributed by atoms with Gasteiger partial charge in [-0.05, 0) is 34.7 Å². The van der Waals surface area contributed by atoms with E-state index >= 15 is 0 Å². The molecule has 1 amide bonds. The Morgan fingerprint density at radius 2 is 1.70 bits per heavy atom. The van der Waals surface area contributed by atoms with Crippen molar-refractivity contribution in [2.24, 2.45) is 12.0 Å². The van der Waals surface area contributed by atoms with Crippen LogP contribution in [0.2, 0.25) is 5.02 Å². The number of hydrogen-bond acceptors (Lipinski definition) is 3. The Balaban J connectivity index is 1.92. The Morgan fingerprint density at radius 3 is 2.37 bits per heavy atom. The summed E-state index contributed by atoms with van der Waals surface area (Å²) in [5.74, 6) is -0.218. The minimum Gasteiger partial charge on any atom is -0.319 e. The number of rotatable bonds is 3. The maximum atomic E-state index is 12.5. The predicted molar refractivity (Wildman–Crippen MR) is 113 cm³/mol. The lowest BCUT2D eigenvalue weighted by molar-refractivity contribution is 0.100. The van der Waals surface area contributed by atoms with Crippen LogP contribution in [0, 0.1) is 0 Å². The first-order valence-corrected chi connectivity index (χ1v) is 10.3. The third-order valence-corrected chi connectivity index (χ3v) is 6.40. The van der Waals surface area contributed by atoms with Crippen LogP contribution in [0.1, 0.15) is 9.67 Å². The van der Waals surface area contributed by atoms with Crippen LogP contribution in [-0.4, -0.2) is 10.5 Å². The molecule has 0 bridgehead atoms. The first-order valence-electron chi connectivity index (χ1n) is 8.27. The van der Waals surface area contributed by atoms with Crippen molar-refractivity contribution < 1.29 is 4.79 Å². The lowest BCUT2D eigenvalue weighted by atomic mass is 10.1. The van der Waals surface area contributed by atoms with Gasteiger partial charge in [0.25, 0.3) is 5.91 Å². The second kappa shape index (κ2) is 7.64. The van der Waals surface area contributed by atoms with E-state index in [0.717, 1.165) is 21.7 Å². The number of thiophene rings is 1. The van der Waals surface area contributed by atoms with Gasteiger partial charge in [0.2, 0.25) is 0 Å². The van der Waals surface area contributed by atoms with Crippen LogP contribution in [0.4, 0.5) is 0 Å². The van der Waals surface area contributed by atoms with Crippen molar-refractivity contribution in [2.75, 3.05) is 0 Å². The third kappa shape index (κ3) is 3.67. The molecule has 2 aromatic heterocycles. The number of amides is 1. The van der Waals surface area contributed by atoms with Crippen molar-refractivity contribution >= 4 is 40.2 Å². The Labute approximate surface area is 169 Å². The second-order valence-corrected chi connectivity index (χ2v) is 8.25. The Kier molecular flexibility index (Phi) is 5.07. The SMILES string of the molecule is Cn1c(-c2ccc(Cl)cc2)c(-c2ccccc2)sc1=NC(=O)c1cccs1. The predicted octanol–water partition coefficient (Wildman–Crippen LogP) is 5.88. The van der Waals surface area contributed by atoms with Crippen molar-refractivity contribution in [2.45, 2.75) is 0 Å². The van der Waals surface area contributed by atoms with E-state index in [-0.39, 0.29) is 5.91 Å². The van der Waals surface area contributed by atoms with E-state index in [0.29, 0.717) is 14.7 Å². The van der Waals surface area contributed by atoms with E-state index < -0.39 is 0 Å². The number of benzene rings is 2. The molecule has 134 valence electrons. The maximum absolute atomic E-state index is 12.5. The van der Waals surface area contributed by atoms with Crippen LogP contribution >= 0.6 is 34.3 Å². The van der Waals surface area contributed by atoms with Gasteiger partial charge in [-0.1, -0.05) is 71.5 Å². The summed E-state index contributed by atoms with van der Waals surface area (Å²) in [4.78, 5) is 19.2. The maximum Gasteiger partial charge on any atom is 0.289 e. The minimum atomic E-state index is -0.218. The molecule has 0 fully saturated rings. The molecule has 0 radical (unpaired) electrons. The molecule has 27 heavy (non-hydrogen) atoms. The van der Waals surface area contributed by atoms with Crippen molar-refractivity contribution in [3.05, 3.63) is 86.8 Å². The molecule has 0 unspecified atom stereocenters. The van der Waals surface area contributed by atoms with Gasteiger partial charge in [-0.2, -0.15) is 4.99 Å². The van der Waals surface area contributed by atoms with Gasteiger partial charge in [0.15, 0.2) is 4.80 Å². The highest BCUT2D eigenvalue weighted by atomic mass is 35.5. The van der Waals surface area contributed by atoms with Gasteiger partial charge in [0, 0.05) is 12.1 Å². The Hall–Kier alpha value is -2.47. The molecule has 3 nitrogen and oxygen atoms in total. The summed E-state index contributed by atoms with van der Waals surface area (Å²) in [7, 11) is 1.94. The van der Waals surface area contributed by atoms with Gasteiger partial charge in [-0.15, -0.1) is 11.3 Å². The quantitative estimate of drug-likeness (QED) is 0.415. The summed E-state index contributed by atoms with van der Waals surface area (Å²) in [5, 5.41) is 2.57. The molecule has 4 rings (SSSR count).